The molecule has 1 saturated heterocycles. The average Bonchev–Trinajstić information content (AvgIpc) is 3.07. The molecule has 1 aromatic carbocycles. The quantitative estimate of drug-likeness (QED) is 0.776. The van der Waals surface area contributed by atoms with E-state index in [0.29, 0.717) is 12.5 Å². The number of para-hydroxylation sites is 1. The zero-order valence-electron chi connectivity index (χ0n) is 12.7. The summed E-state index contributed by atoms with van der Waals surface area (Å²) in [5.74, 6) is 1.28. The monoisotopic (exact) mass is 322 g/mol. The van der Waals surface area contributed by atoms with Crippen LogP contribution >= 0.6 is 12.4 Å². The Hall–Kier alpha value is -1.40. The predicted octanol–water partition coefficient (Wildman–Crippen LogP) is 1.27. The topological polar surface area (TPSA) is 62.1 Å². The molecule has 3 N–H and O–H groups in total. The van der Waals surface area contributed by atoms with Crippen molar-refractivity contribution in [1.29, 1.82) is 0 Å². The van der Waals surface area contributed by atoms with Crippen molar-refractivity contribution in [2.24, 2.45) is 5.92 Å². The Morgan fingerprint density at radius 3 is 2.77 bits per heavy atom. The van der Waals surface area contributed by atoms with Crippen molar-refractivity contribution in [3.8, 4) is 5.69 Å². The molecule has 1 aliphatic heterocycles. The van der Waals surface area contributed by atoms with Crippen LogP contribution in [0.1, 0.15) is 11.5 Å². The molecular formula is C16H23ClN4O. The molecule has 2 heterocycles. The molecule has 1 fully saturated rings. The number of aryl methyl sites for hydroxylation is 1. The highest BCUT2D eigenvalue weighted by molar-refractivity contribution is 5.85. The van der Waals surface area contributed by atoms with Gasteiger partial charge in [0.15, 0.2) is 0 Å². The molecule has 0 radical (unpaired) electrons. The molecule has 0 amide bonds. The van der Waals surface area contributed by atoms with Crippen LogP contribution in [-0.4, -0.2) is 40.4 Å². The van der Waals surface area contributed by atoms with Crippen molar-refractivity contribution in [2.45, 2.75) is 19.6 Å². The summed E-state index contributed by atoms with van der Waals surface area (Å²) >= 11 is 0. The Morgan fingerprint density at radius 1 is 1.32 bits per heavy atom. The molecule has 1 aliphatic rings. The fourth-order valence-corrected chi connectivity index (χ4v) is 2.86. The summed E-state index contributed by atoms with van der Waals surface area (Å²) in [5.41, 5.74) is 2.27. The molecule has 0 bridgehead atoms. The molecule has 22 heavy (non-hydrogen) atoms. The molecule has 3 rings (SSSR count). The highest BCUT2D eigenvalue weighted by atomic mass is 35.5. The van der Waals surface area contributed by atoms with Gasteiger partial charge in [0, 0.05) is 37.8 Å². The third-order valence-corrected chi connectivity index (χ3v) is 4.04. The van der Waals surface area contributed by atoms with E-state index in [0.717, 1.165) is 36.8 Å². The number of nitrogens with zero attached hydrogens (tertiary/aromatic N) is 2. The lowest BCUT2D eigenvalue weighted by Gasteiger charge is -2.15. The molecule has 5 nitrogen and oxygen atoms in total. The van der Waals surface area contributed by atoms with E-state index in [1.807, 2.05) is 31.3 Å². The summed E-state index contributed by atoms with van der Waals surface area (Å²) in [6.45, 7) is 5.16. The third-order valence-electron chi connectivity index (χ3n) is 4.04. The van der Waals surface area contributed by atoms with Gasteiger partial charge in [-0.15, -0.1) is 12.4 Å². The average molecular weight is 323 g/mol. The summed E-state index contributed by atoms with van der Waals surface area (Å²) < 4.78 is 2.16. The number of imidazole rings is 1. The van der Waals surface area contributed by atoms with Crippen LogP contribution < -0.4 is 10.6 Å². The lowest BCUT2D eigenvalue weighted by Crippen LogP contribution is -2.30. The number of β-amino-alcohol motifs (C(OH)–C–C–N with tert-alkyl or cyclic N) is 1. The Kier molecular flexibility index (Phi) is 5.97. The van der Waals surface area contributed by atoms with Gasteiger partial charge in [0.1, 0.15) is 5.82 Å². The molecule has 2 atom stereocenters. The summed E-state index contributed by atoms with van der Waals surface area (Å²) in [5, 5.41) is 16.4. The van der Waals surface area contributed by atoms with E-state index in [1.54, 1.807) is 0 Å². The molecule has 120 valence electrons. The Bertz CT molecular complexity index is 587. The molecular weight excluding hydrogens is 300 g/mol. The van der Waals surface area contributed by atoms with E-state index in [-0.39, 0.29) is 18.5 Å². The summed E-state index contributed by atoms with van der Waals surface area (Å²) in [6, 6.07) is 10.3. The number of hydrogen-bond donors (Lipinski definition) is 3. The largest absolute Gasteiger partial charge is 0.391 e. The van der Waals surface area contributed by atoms with Crippen LogP contribution in [0.3, 0.4) is 0 Å². The van der Waals surface area contributed by atoms with Crippen LogP contribution in [0, 0.1) is 12.8 Å². The number of hydrogen-bond acceptors (Lipinski definition) is 4. The van der Waals surface area contributed by atoms with E-state index in [1.165, 1.54) is 0 Å². The number of benzene rings is 1. The maximum absolute atomic E-state index is 9.80. The predicted molar refractivity (Wildman–Crippen MR) is 89.6 cm³/mol. The van der Waals surface area contributed by atoms with Crippen molar-refractivity contribution < 1.29 is 5.11 Å². The van der Waals surface area contributed by atoms with Crippen LogP contribution in [0.2, 0.25) is 0 Å². The standard InChI is InChI=1S/C16H22N4O.ClH/c1-12-19-10-15(20(12)14-5-3-2-4-6-14)9-17-7-13-8-18-11-16(13)21;/h2-6,10,13,16-18,21H,7-9,11H2,1H3;1H. The number of nitrogens with one attached hydrogen (secondary N) is 2. The van der Waals surface area contributed by atoms with Gasteiger partial charge in [0.2, 0.25) is 0 Å². The van der Waals surface area contributed by atoms with Gasteiger partial charge in [-0.1, -0.05) is 18.2 Å². The van der Waals surface area contributed by atoms with Crippen molar-refractivity contribution in [3.05, 3.63) is 48.0 Å². The highest BCUT2D eigenvalue weighted by Crippen LogP contribution is 2.14. The van der Waals surface area contributed by atoms with Crippen LogP contribution in [0.5, 0.6) is 0 Å². The lowest BCUT2D eigenvalue weighted by atomic mass is 10.1. The molecule has 6 heteroatoms. The second kappa shape index (κ2) is 7.74. The molecule has 2 aromatic rings. The smallest absolute Gasteiger partial charge is 0.110 e. The van der Waals surface area contributed by atoms with Gasteiger partial charge in [-0.3, -0.25) is 4.57 Å². The molecule has 0 saturated carbocycles. The first-order valence-corrected chi connectivity index (χ1v) is 7.44. The van der Waals surface area contributed by atoms with Gasteiger partial charge in [0.25, 0.3) is 0 Å². The minimum Gasteiger partial charge on any atom is -0.391 e. The van der Waals surface area contributed by atoms with Crippen molar-refractivity contribution in [2.75, 3.05) is 19.6 Å². The number of aromatic nitrogens is 2. The first-order chi connectivity index (χ1) is 10.3. The number of aliphatic hydroxyl groups excluding tert-OH is 1. The zero-order chi connectivity index (χ0) is 14.7. The van der Waals surface area contributed by atoms with E-state index >= 15 is 0 Å². The van der Waals surface area contributed by atoms with E-state index < -0.39 is 0 Å². The summed E-state index contributed by atoms with van der Waals surface area (Å²) in [6.07, 6.45) is 1.68. The fraction of sp³-hybridized carbons (Fsp3) is 0.438. The van der Waals surface area contributed by atoms with Crippen LogP contribution in [0.4, 0.5) is 0 Å². The molecule has 1 aromatic heterocycles. The first kappa shape index (κ1) is 17.0. The minimum absolute atomic E-state index is 0. The van der Waals surface area contributed by atoms with E-state index in [9.17, 15) is 5.11 Å². The molecule has 0 aliphatic carbocycles. The van der Waals surface area contributed by atoms with Gasteiger partial charge in [-0.25, -0.2) is 4.98 Å². The Labute approximate surface area is 137 Å². The van der Waals surface area contributed by atoms with Gasteiger partial charge < -0.3 is 15.7 Å². The van der Waals surface area contributed by atoms with Crippen molar-refractivity contribution >= 4 is 12.4 Å². The maximum Gasteiger partial charge on any atom is 0.110 e. The Balaban J connectivity index is 0.00000176. The zero-order valence-corrected chi connectivity index (χ0v) is 13.5. The minimum atomic E-state index is -0.238. The van der Waals surface area contributed by atoms with Gasteiger partial charge in [-0.05, 0) is 19.1 Å². The van der Waals surface area contributed by atoms with Crippen LogP contribution in [-0.2, 0) is 6.54 Å². The highest BCUT2D eigenvalue weighted by Gasteiger charge is 2.24. The molecule has 2 unspecified atom stereocenters. The van der Waals surface area contributed by atoms with Crippen molar-refractivity contribution in [3.63, 3.8) is 0 Å². The van der Waals surface area contributed by atoms with Crippen LogP contribution in [0.15, 0.2) is 36.5 Å². The van der Waals surface area contributed by atoms with Gasteiger partial charge in [-0.2, -0.15) is 0 Å². The first-order valence-electron chi connectivity index (χ1n) is 7.44. The van der Waals surface area contributed by atoms with Crippen molar-refractivity contribution in [1.82, 2.24) is 20.2 Å². The summed E-state index contributed by atoms with van der Waals surface area (Å²) in [7, 11) is 0. The number of halogens is 1. The second-order valence-electron chi connectivity index (χ2n) is 5.58. The van der Waals surface area contributed by atoms with Gasteiger partial charge in [0.05, 0.1) is 18.0 Å². The number of aliphatic hydroxyl groups is 1. The Morgan fingerprint density at radius 2 is 2.09 bits per heavy atom. The lowest BCUT2D eigenvalue weighted by molar-refractivity contribution is 0.146. The van der Waals surface area contributed by atoms with Gasteiger partial charge >= 0.3 is 0 Å². The maximum atomic E-state index is 9.80. The summed E-state index contributed by atoms with van der Waals surface area (Å²) in [4.78, 5) is 4.42. The van der Waals surface area contributed by atoms with E-state index in [2.05, 4.69) is 32.3 Å². The normalized spacial score (nSPS) is 20.8. The van der Waals surface area contributed by atoms with Crippen LogP contribution in [0.25, 0.3) is 5.69 Å². The second-order valence-corrected chi connectivity index (χ2v) is 5.58. The number of rotatable bonds is 5. The van der Waals surface area contributed by atoms with E-state index in [4.69, 9.17) is 0 Å². The third kappa shape index (κ3) is 3.67. The fourth-order valence-electron chi connectivity index (χ4n) is 2.86. The SMILES string of the molecule is Cc1ncc(CNCC2CNCC2O)n1-c1ccccc1.Cl. The molecule has 0 spiro atoms.